The van der Waals surface area contributed by atoms with Crippen molar-refractivity contribution in [2.75, 3.05) is 7.11 Å². The second kappa shape index (κ2) is 11.2. The number of methoxy groups -OCH3 is 1. The number of aromatic nitrogens is 5. The van der Waals surface area contributed by atoms with E-state index in [1.54, 1.807) is 49.4 Å². The molecule has 0 amide bonds. The standard InChI is InChI=1S/C28H24F3N5O4/c1-17(28(37,15-36-16-32-34-35-36)22-9-6-20(29)12-24(22)31)26-13-25(33-40-26)19-4-7-21(8-5-19)39-14-18-3-10-23(30)27(11-18)38-2/h3-13,16-17,37H,14-15H2,1-2H3/t17-,28+/m0/s1. The van der Waals surface area contributed by atoms with Crippen LogP contribution in [0.3, 0.4) is 0 Å². The van der Waals surface area contributed by atoms with Gasteiger partial charge in [-0.05, 0) is 58.5 Å². The molecule has 0 bridgehead atoms. The number of hydrogen-bond donors (Lipinski definition) is 1. The Morgan fingerprint density at radius 1 is 1.00 bits per heavy atom. The molecule has 2 aromatic heterocycles. The molecule has 3 aromatic carbocycles. The summed E-state index contributed by atoms with van der Waals surface area (Å²) in [7, 11) is 1.40. The molecule has 0 saturated heterocycles. The fourth-order valence-corrected chi connectivity index (χ4v) is 4.34. The topological polar surface area (TPSA) is 108 Å². The highest BCUT2D eigenvalue weighted by atomic mass is 19.1. The van der Waals surface area contributed by atoms with Crippen molar-refractivity contribution in [1.82, 2.24) is 25.4 Å². The molecule has 9 nitrogen and oxygen atoms in total. The van der Waals surface area contributed by atoms with E-state index in [1.807, 2.05) is 0 Å². The van der Waals surface area contributed by atoms with Gasteiger partial charge in [-0.1, -0.05) is 24.2 Å². The summed E-state index contributed by atoms with van der Waals surface area (Å²) in [6, 6.07) is 16.1. The van der Waals surface area contributed by atoms with E-state index in [4.69, 9.17) is 14.0 Å². The molecule has 1 N–H and O–H groups in total. The van der Waals surface area contributed by atoms with Crippen LogP contribution in [0.5, 0.6) is 11.5 Å². The normalized spacial score (nSPS) is 13.6. The lowest BCUT2D eigenvalue weighted by Gasteiger charge is -2.33. The Balaban J connectivity index is 1.34. The van der Waals surface area contributed by atoms with Gasteiger partial charge in [0.25, 0.3) is 0 Å². The van der Waals surface area contributed by atoms with Crippen molar-refractivity contribution in [1.29, 1.82) is 0 Å². The van der Waals surface area contributed by atoms with E-state index in [9.17, 15) is 18.3 Å². The molecule has 12 heteroatoms. The summed E-state index contributed by atoms with van der Waals surface area (Å²) in [6.07, 6.45) is 1.28. The second-order valence-electron chi connectivity index (χ2n) is 9.17. The van der Waals surface area contributed by atoms with Gasteiger partial charge in [0.1, 0.15) is 47.4 Å². The van der Waals surface area contributed by atoms with Gasteiger partial charge in [-0.3, -0.25) is 0 Å². The number of ether oxygens (including phenoxy) is 2. The minimum absolute atomic E-state index is 0.138. The Hall–Kier alpha value is -4.71. The van der Waals surface area contributed by atoms with Crippen molar-refractivity contribution in [3.63, 3.8) is 0 Å². The fourth-order valence-electron chi connectivity index (χ4n) is 4.34. The summed E-state index contributed by atoms with van der Waals surface area (Å²) in [5.41, 5.74) is -0.139. The van der Waals surface area contributed by atoms with Gasteiger partial charge >= 0.3 is 0 Å². The number of halogens is 3. The van der Waals surface area contributed by atoms with Gasteiger partial charge in [-0.2, -0.15) is 0 Å². The van der Waals surface area contributed by atoms with E-state index in [1.165, 1.54) is 30.3 Å². The number of rotatable bonds is 10. The molecule has 5 rings (SSSR count). The summed E-state index contributed by atoms with van der Waals surface area (Å²) >= 11 is 0. The van der Waals surface area contributed by atoms with E-state index >= 15 is 0 Å². The first kappa shape index (κ1) is 26.9. The number of benzene rings is 3. The van der Waals surface area contributed by atoms with Gasteiger partial charge in [0, 0.05) is 23.3 Å². The van der Waals surface area contributed by atoms with E-state index in [0.29, 0.717) is 23.1 Å². The lowest BCUT2D eigenvalue weighted by atomic mass is 9.80. The third kappa shape index (κ3) is 5.52. The first-order valence-corrected chi connectivity index (χ1v) is 12.2. The zero-order valence-corrected chi connectivity index (χ0v) is 21.5. The highest BCUT2D eigenvalue weighted by Gasteiger charge is 2.42. The number of hydrogen-bond acceptors (Lipinski definition) is 8. The SMILES string of the molecule is COc1cc(COc2ccc(-c3cc([C@H](C)[C@](O)(Cn4cnnn4)c4ccc(F)cc4F)on3)cc2)ccc1F. The summed E-state index contributed by atoms with van der Waals surface area (Å²) < 4.78 is 59.7. The molecule has 0 aliphatic heterocycles. The van der Waals surface area contributed by atoms with Gasteiger partial charge in [-0.25, -0.2) is 17.9 Å². The van der Waals surface area contributed by atoms with Crippen LogP contribution in [0.4, 0.5) is 13.2 Å². The van der Waals surface area contributed by atoms with Crippen molar-refractivity contribution < 1.29 is 32.3 Å². The molecule has 0 radical (unpaired) electrons. The first-order valence-electron chi connectivity index (χ1n) is 12.2. The predicted octanol–water partition coefficient (Wildman–Crippen LogP) is 5.02. The minimum Gasteiger partial charge on any atom is -0.494 e. The largest absolute Gasteiger partial charge is 0.494 e. The molecule has 2 heterocycles. The molecule has 0 aliphatic carbocycles. The molecular formula is C28H24F3N5O4. The van der Waals surface area contributed by atoms with E-state index in [-0.39, 0.29) is 30.2 Å². The molecule has 2 atom stereocenters. The number of tetrazole rings is 1. The minimum atomic E-state index is -1.91. The molecule has 0 unspecified atom stereocenters. The van der Waals surface area contributed by atoms with Crippen LogP contribution in [-0.4, -0.2) is 37.6 Å². The van der Waals surface area contributed by atoms with Crippen LogP contribution in [0.2, 0.25) is 0 Å². The Kier molecular flexibility index (Phi) is 7.52. The highest BCUT2D eigenvalue weighted by Crippen LogP contribution is 2.40. The van der Waals surface area contributed by atoms with Gasteiger partial charge in [0.05, 0.1) is 19.6 Å². The maximum atomic E-state index is 14.8. The third-order valence-electron chi connectivity index (χ3n) is 6.63. The molecule has 0 saturated carbocycles. The van der Waals surface area contributed by atoms with Crippen LogP contribution in [0, 0.1) is 17.5 Å². The van der Waals surface area contributed by atoms with Crippen LogP contribution in [0.1, 0.15) is 29.7 Å². The Morgan fingerprint density at radius 3 is 2.50 bits per heavy atom. The third-order valence-corrected chi connectivity index (χ3v) is 6.63. The molecule has 5 aromatic rings. The maximum absolute atomic E-state index is 14.8. The average Bonchev–Trinajstić information content (AvgIpc) is 3.65. The van der Waals surface area contributed by atoms with Crippen LogP contribution in [0.25, 0.3) is 11.3 Å². The monoisotopic (exact) mass is 551 g/mol. The Labute approximate surface area is 226 Å². The molecule has 40 heavy (non-hydrogen) atoms. The molecule has 206 valence electrons. The Bertz CT molecular complexity index is 1590. The van der Waals surface area contributed by atoms with Crippen molar-refractivity contribution in [3.05, 3.63) is 107 Å². The van der Waals surface area contributed by atoms with Crippen LogP contribution < -0.4 is 9.47 Å². The van der Waals surface area contributed by atoms with Gasteiger partial charge in [0.2, 0.25) is 0 Å². The highest BCUT2D eigenvalue weighted by molar-refractivity contribution is 5.60. The molecule has 0 spiro atoms. The smallest absolute Gasteiger partial charge is 0.165 e. The van der Waals surface area contributed by atoms with Crippen molar-refractivity contribution in [3.8, 4) is 22.8 Å². The quantitative estimate of drug-likeness (QED) is 0.258. The second-order valence-corrected chi connectivity index (χ2v) is 9.17. The predicted molar refractivity (Wildman–Crippen MR) is 136 cm³/mol. The molecule has 0 fully saturated rings. The van der Waals surface area contributed by atoms with Gasteiger partial charge in [0.15, 0.2) is 11.6 Å². The zero-order valence-electron chi connectivity index (χ0n) is 21.5. The maximum Gasteiger partial charge on any atom is 0.165 e. The fraction of sp³-hybridized carbons (Fsp3) is 0.214. The van der Waals surface area contributed by atoms with Crippen LogP contribution in [0.15, 0.2) is 77.6 Å². The van der Waals surface area contributed by atoms with E-state index < -0.39 is 29.0 Å². The van der Waals surface area contributed by atoms with E-state index in [2.05, 4.69) is 20.7 Å². The van der Waals surface area contributed by atoms with Crippen molar-refractivity contribution in [2.45, 2.75) is 31.6 Å². The Morgan fingerprint density at radius 2 is 1.80 bits per heavy atom. The number of aliphatic hydroxyl groups is 1. The summed E-state index contributed by atoms with van der Waals surface area (Å²) in [5.74, 6) is -2.00. The lowest BCUT2D eigenvalue weighted by Crippen LogP contribution is -2.38. The zero-order chi connectivity index (χ0) is 28.3. The summed E-state index contributed by atoms with van der Waals surface area (Å²) in [4.78, 5) is 0. The van der Waals surface area contributed by atoms with E-state index in [0.717, 1.165) is 11.6 Å². The van der Waals surface area contributed by atoms with Crippen LogP contribution >= 0.6 is 0 Å². The summed E-state index contributed by atoms with van der Waals surface area (Å²) in [6.45, 7) is 1.62. The number of nitrogens with zero attached hydrogens (tertiary/aromatic N) is 5. The van der Waals surface area contributed by atoms with Crippen molar-refractivity contribution in [2.24, 2.45) is 0 Å². The molecule has 0 aliphatic rings. The first-order chi connectivity index (χ1) is 19.3. The van der Waals surface area contributed by atoms with Gasteiger partial charge in [-0.15, -0.1) is 5.10 Å². The lowest BCUT2D eigenvalue weighted by molar-refractivity contribution is -0.0185. The average molecular weight is 552 g/mol. The molecular weight excluding hydrogens is 527 g/mol. The van der Waals surface area contributed by atoms with Crippen LogP contribution in [-0.2, 0) is 18.8 Å². The van der Waals surface area contributed by atoms with Gasteiger partial charge < -0.3 is 19.1 Å². The summed E-state index contributed by atoms with van der Waals surface area (Å²) in [5, 5.41) is 26.8. The van der Waals surface area contributed by atoms with Crippen molar-refractivity contribution >= 4 is 0 Å².